The predicted octanol–water partition coefficient (Wildman–Crippen LogP) is 3.30. The molecule has 4 heteroatoms. The zero-order valence-corrected chi connectivity index (χ0v) is 12.6. The van der Waals surface area contributed by atoms with Crippen molar-refractivity contribution in [3.63, 3.8) is 0 Å². The van der Waals surface area contributed by atoms with Crippen LogP contribution in [0.1, 0.15) is 16.7 Å². The summed E-state index contributed by atoms with van der Waals surface area (Å²) < 4.78 is 0. The zero-order chi connectivity index (χ0) is 14.8. The van der Waals surface area contributed by atoms with Crippen LogP contribution in [0, 0.1) is 6.92 Å². The number of benzene rings is 2. The average Bonchev–Trinajstić information content (AvgIpc) is 2.50. The third-order valence-corrected chi connectivity index (χ3v) is 4.11. The van der Waals surface area contributed by atoms with Gasteiger partial charge in [0.25, 0.3) is 0 Å². The van der Waals surface area contributed by atoms with E-state index >= 15 is 0 Å². The van der Waals surface area contributed by atoms with Crippen molar-refractivity contribution in [1.29, 1.82) is 0 Å². The molecule has 0 aliphatic carbocycles. The quantitative estimate of drug-likeness (QED) is 0.893. The van der Waals surface area contributed by atoms with Crippen LogP contribution in [-0.4, -0.2) is 11.9 Å². The number of hydrogen-bond donors (Lipinski definition) is 2. The molecule has 1 atom stereocenters. The van der Waals surface area contributed by atoms with Crippen molar-refractivity contribution in [3.05, 3.63) is 64.2 Å². The molecular weight excluding hydrogens is 284 g/mol. The van der Waals surface area contributed by atoms with Gasteiger partial charge in [0.1, 0.15) is 0 Å². The molecule has 3 rings (SSSR count). The van der Waals surface area contributed by atoms with Crippen molar-refractivity contribution >= 4 is 23.2 Å². The summed E-state index contributed by atoms with van der Waals surface area (Å²) in [7, 11) is 0. The van der Waals surface area contributed by atoms with Crippen molar-refractivity contribution < 1.29 is 4.79 Å². The van der Waals surface area contributed by atoms with E-state index in [-0.39, 0.29) is 11.9 Å². The Morgan fingerprint density at radius 2 is 2.00 bits per heavy atom. The summed E-state index contributed by atoms with van der Waals surface area (Å²) >= 11 is 6.13. The lowest BCUT2D eigenvalue weighted by Gasteiger charge is -2.25. The Kier molecular flexibility index (Phi) is 3.95. The maximum Gasteiger partial charge on any atom is 0.241 e. The fraction of sp³-hybridized carbons (Fsp3) is 0.235. The molecule has 0 spiro atoms. The Bertz CT molecular complexity index is 684. The molecule has 1 aliphatic heterocycles. The van der Waals surface area contributed by atoms with Crippen molar-refractivity contribution in [1.82, 2.24) is 5.32 Å². The maximum absolute atomic E-state index is 12.4. The standard InChI is InChI=1S/C17H17ClN2O/c1-11-6-7-14(18)15(8-11)20-17(21)16-9-12-4-2-3-5-13(12)10-19-16/h2-8,16,19H,9-10H2,1H3,(H,20,21)/t16-/m0/s1. The van der Waals surface area contributed by atoms with Gasteiger partial charge in [-0.25, -0.2) is 0 Å². The highest BCUT2D eigenvalue weighted by molar-refractivity contribution is 6.33. The lowest BCUT2D eigenvalue weighted by molar-refractivity contribution is -0.118. The first kappa shape index (κ1) is 14.1. The highest BCUT2D eigenvalue weighted by Gasteiger charge is 2.24. The molecule has 0 saturated heterocycles. The molecule has 0 saturated carbocycles. The minimum atomic E-state index is -0.225. The lowest BCUT2D eigenvalue weighted by atomic mass is 9.95. The number of nitrogens with one attached hydrogen (secondary N) is 2. The van der Waals surface area contributed by atoms with E-state index in [4.69, 9.17) is 11.6 Å². The second-order valence-corrected chi connectivity index (χ2v) is 5.79. The van der Waals surface area contributed by atoms with E-state index in [1.54, 1.807) is 6.07 Å². The molecule has 0 unspecified atom stereocenters. The Balaban J connectivity index is 1.74. The van der Waals surface area contributed by atoms with Gasteiger partial charge in [0.05, 0.1) is 16.8 Å². The monoisotopic (exact) mass is 300 g/mol. The number of fused-ring (bicyclic) bond motifs is 1. The molecule has 3 nitrogen and oxygen atoms in total. The summed E-state index contributed by atoms with van der Waals surface area (Å²) in [5.41, 5.74) is 4.22. The Hall–Kier alpha value is -1.84. The van der Waals surface area contributed by atoms with Crippen LogP contribution in [0.3, 0.4) is 0 Å². The van der Waals surface area contributed by atoms with Crippen LogP contribution in [-0.2, 0) is 17.8 Å². The van der Waals surface area contributed by atoms with Gasteiger partial charge in [0.15, 0.2) is 0 Å². The van der Waals surface area contributed by atoms with Crippen molar-refractivity contribution in [2.24, 2.45) is 0 Å². The summed E-state index contributed by atoms with van der Waals surface area (Å²) in [4.78, 5) is 12.4. The minimum Gasteiger partial charge on any atom is -0.323 e. The number of anilines is 1. The van der Waals surface area contributed by atoms with Gasteiger partial charge >= 0.3 is 0 Å². The average molecular weight is 301 g/mol. The third-order valence-electron chi connectivity index (χ3n) is 3.78. The van der Waals surface area contributed by atoms with Gasteiger partial charge in [0.2, 0.25) is 5.91 Å². The summed E-state index contributed by atoms with van der Waals surface area (Å²) in [6, 6.07) is 13.6. The van der Waals surface area contributed by atoms with Gasteiger partial charge in [0, 0.05) is 6.54 Å². The fourth-order valence-electron chi connectivity index (χ4n) is 2.59. The second kappa shape index (κ2) is 5.88. The molecule has 1 heterocycles. The zero-order valence-electron chi connectivity index (χ0n) is 11.8. The van der Waals surface area contributed by atoms with Crippen LogP contribution < -0.4 is 10.6 Å². The number of carbonyl (C=O) groups is 1. The van der Waals surface area contributed by atoms with Gasteiger partial charge in [-0.15, -0.1) is 0 Å². The van der Waals surface area contributed by atoms with Crippen molar-refractivity contribution in [2.75, 3.05) is 5.32 Å². The van der Waals surface area contributed by atoms with E-state index in [0.717, 1.165) is 12.1 Å². The number of aryl methyl sites for hydroxylation is 1. The van der Waals surface area contributed by atoms with E-state index in [1.165, 1.54) is 11.1 Å². The second-order valence-electron chi connectivity index (χ2n) is 5.38. The van der Waals surface area contributed by atoms with Gasteiger partial charge in [-0.2, -0.15) is 0 Å². The molecular formula is C17H17ClN2O. The van der Waals surface area contributed by atoms with E-state index in [9.17, 15) is 4.79 Å². The molecule has 0 fully saturated rings. The summed E-state index contributed by atoms with van der Waals surface area (Å²) in [6.45, 7) is 2.69. The molecule has 2 aromatic rings. The van der Waals surface area contributed by atoms with Gasteiger partial charge in [-0.3, -0.25) is 4.79 Å². The molecule has 1 aliphatic rings. The molecule has 0 bridgehead atoms. The lowest BCUT2D eigenvalue weighted by Crippen LogP contribution is -2.44. The molecule has 1 amide bonds. The number of hydrogen-bond acceptors (Lipinski definition) is 2. The summed E-state index contributed by atoms with van der Waals surface area (Å²) in [6.07, 6.45) is 0.700. The smallest absolute Gasteiger partial charge is 0.241 e. The van der Waals surface area contributed by atoms with Crippen LogP contribution in [0.2, 0.25) is 5.02 Å². The van der Waals surface area contributed by atoms with E-state index in [2.05, 4.69) is 22.8 Å². The van der Waals surface area contributed by atoms with E-state index in [0.29, 0.717) is 17.1 Å². The topological polar surface area (TPSA) is 41.1 Å². The van der Waals surface area contributed by atoms with Crippen LogP contribution in [0.15, 0.2) is 42.5 Å². The Morgan fingerprint density at radius 1 is 1.24 bits per heavy atom. The van der Waals surface area contributed by atoms with Crippen LogP contribution >= 0.6 is 11.6 Å². The molecule has 0 aromatic heterocycles. The summed E-state index contributed by atoms with van der Waals surface area (Å²) in [5.74, 6) is -0.0444. The molecule has 0 radical (unpaired) electrons. The Morgan fingerprint density at radius 3 is 2.81 bits per heavy atom. The largest absolute Gasteiger partial charge is 0.323 e. The van der Waals surface area contributed by atoms with Crippen LogP contribution in [0.5, 0.6) is 0 Å². The van der Waals surface area contributed by atoms with Crippen LogP contribution in [0.4, 0.5) is 5.69 Å². The normalized spacial score (nSPS) is 17.1. The first-order valence-corrected chi connectivity index (χ1v) is 7.38. The molecule has 2 N–H and O–H groups in total. The first-order chi connectivity index (χ1) is 10.1. The molecule has 21 heavy (non-hydrogen) atoms. The summed E-state index contributed by atoms with van der Waals surface area (Å²) in [5, 5.41) is 6.75. The van der Waals surface area contributed by atoms with E-state index < -0.39 is 0 Å². The Labute approximate surface area is 129 Å². The third kappa shape index (κ3) is 3.09. The number of rotatable bonds is 2. The van der Waals surface area contributed by atoms with Crippen LogP contribution in [0.25, 0.3) is 0 Å². The highest BCUT2D eigenvalue weighted by Crippen LogP contribution is 2.24. The predicted molar refractivity (Wildman–Crippen MR) is 85.6 cm³/mol. The minimum absolute atomic E-state index is 0.0444. The van der Waals surface area contributed by atoms with Crippen molar-refractivity contribution in [3.8, 4) is 0 Å². The number of halogens is 1. The molecule has 2 aromatic carbocycles. The first-order valence-electron chi connectivity index (χ1n) is 7.00. The number of carbonyl (C=O) groups excluding carboxylic acids is 1. The van der Waals surface area contributed by atoms with Gasteiger partial charge < -0.3 is 10.6 Å². The van der Waals surface area contributed by atoms with Gasteiger partial charge in [-0.05, 0) is 42.2 Å². The van der Waals surface area contributed by atoms with Crippen molar-refractivity contribution in [2.45, 2.75) is 25.9 Å². The van der Waals surface area contributed by atoms with E-state index in [1.807, 2.05) is 31.2 Å². The maximum atomic E-state index is 12.4. The SMILES string of the molecule is Cc1ccc(Cl)c(NC(=O)[C@@H]2Cc3ccccc3CN2)c1. The fourth-order valence-corrected chi connectivity index (χ4v) is 2.76. The highest BCUT2D eigenvalue weighted by atomic mass is 35.5. The number of amides is 1. The van der Waals surface area contributed by atoms with Gasteiger partial charge in [-0.1, -0.05) is 41.9 Å². The molecule has 108 valence electrons.